The summed E-state index contributed by atoms with van der Waals surface area (Å²) in [7, 11) is 0. The molecule has 1 aromatic heterocycles. The first kappa shape index (κ1) is 22.0. The third kappa shape index (κ3) is 3.40. The molecule has 0 unspecified atom stereocenters. The Morgan fingerprint density at radius 3 is 2.50 bits per heavy atom. The molecule has 0 aliphatic carbocycles. The number of thiophene rings is 1. The van der Waals surface area contributed by atoms with Crippen LogP contribution in [0.4, 0.5) is 0 Å². The highest BCUT2D eigenvalue weighted by atomic mass is 32.1. The summed E-state index contributed by atoms with van der Waals surface area (Å²) in [5, 5.41) is 42.4. The van der Waals surface area contributed by atoms with Crippen LogP contribution in [-0.2, 0) is 34.5 Å². The summed E-state index contributed by atoms with van der Waals surface area (Å²) >= 11 is 1.49. The molecule has 2 aliphatic rings. The van der Waals surface area contributed by atoms with E-state index in [1.165, 1.54) is 28.0 Å². The van der Waals surface area contributed by atoms with Gasteiger partial charge in [0.1, 0.15) is 24.4 Å². The summed E-state index contributed by atoms with van der Waals surface area (Å²) in [6.07, 6.45) is -2.98. The van der Waals surface area contributed by atoms with Gasteiger partial charge in [-0.25, -0.2) is 0 Å². The number of hydrogen-bond donors (Lipinski definition) is 4. The number of benzene rings is 2. The number of aryl methyl sites for hydroxylation is 1. The molecular formula is C25H28O6S. The molecule has 1 saturated heterocycles. The van der Waals surface area contributed by atoms with Gasteiger partial charge < -0.3 is 29.9 Å². The van der Waals surface area contributed by atoms with Crippen molar-refractivity contribution in [2.24, 2.45) is 0 Å². The second kappa shape index (κ2) is 8.50. The summed E-state index contributed by atoms with van der Waals surface area (Å²) in [6.45, 7) is 1.96. The molecule has 5 rings (SSSR count). The van der Waals surface area contributed by atoms with Crippen LogP contribution in [0.15, 0.2) is 42.5 Å². The normalized spacial score (nSPS) is 30.0. The highest BCUT2D eigenvalue weighted by Crippen LogP contribution is 2.49. The minimum absolute atomic E-state index is 0.305. The summed E-state index contributed by atoms with van der Waals surface area (Å²) in [6, 6.07) is 14.9. The second-order valence-electron chi connectivity index (χ2n) is 8.58. The average Bonchev–Trinajstić information content (AvgIpc) is 3.22. The van der Waals surface area contributed by atoms with Gasteiger partial charge in [0.15, 0.2) is 0 Å². The number of rotatable bonds is 4. The Kier molecular flexibility index (Phi) is 5.84. The van der Waals surface area contributed by atoms with E-state index in [1.54, 1.807) is 0 Å². The fraction of sp³-hybridized carbons (Fsp3) is 0.440. The van der Waals surface area contributed by atoms with Crippen LogP contribution in [0.3, 0.4) is 0 Å². The van der Waals surface area contributed by atoms with Gasteiger partial charge in [0.05, 0.1) is 18.1 Å². The molecular weight excluding hydrogens is 428 g/mol. The molecule has 5 atom stereocenters. The molecule has 170 valence electrons. The highest BCUT2D eigenvalue weighted by Gasteiger charge is 2.58. The molecule has 1 spiro atoms. The van der Waals surface area contributed by atoms with Crippen molar-refractivity contribution in [2.45, 2.75) is 56.4 Å². The smallest absolute Gasteiger partial charge is 0.234 e. The molecule has 32 heavy (non-hydrogen) atoms. The SMILES string of the molecule is CCc1ccc(Cc2cccc3c4c(sc23)[C@@]2(OCC4)O[C@H](CO)[C@@H](O)[C@H](O)[C@H]2O)cc1. The molecule has 3 aromatic rings. The zero-order valence-corrected chi connectivity index (χ0v) is 18.7. The largest absolute Gasteiger partial charge is 0.394 e. The fourth-order valence-electron chi connectivity index (χ4n) is 4.83. The Hall–Kier alpha value is -1.84. The Morgan fingerprint density at radius 1 is 1.03 bits per heavy atom. The molecule has 3 heterocycles. The van der Waals surface area contributed by atoms with Crippen molar-refractivity contribution in [3.8, 4) is 0 Å². The Labute approximate surface area is 190 Å². The van der Waals surface area contributed by atoms with Crippen molar-refractivity contribution in [2.75, 3.05) is 13.2 Å². The molecule has 4 N–H and O–H groups in total. The van der Waals surface area contributed by atoms with Crippen molar-refractivity contribution in [3.05, 3.63) is 69.6 Å². The summed E-state index contributed by atoms with van der Waals surface area (Å²) in [4.78, 5) is 0.699. The minimum Gasteiger partial charge on any atom is -0.394 e. The maximum absolute atomic E-state index is 10.9. The van der Waals surface area contributed by atoms with Crippen LogP contribution < -0.4 is 0 Å². The van der Waals surface area contributed by atoms with E-state index in [0.29, 0.717) is 17.9 Å². The van der Waals surface area contributed by atoms with Crippen LogP contribution in [0.2, 0.25) is 0 Å². The zero-order valence-electron chi connectivity index (χ0n) is 17.9. The predicted octanol–water partition coefficient (Wildman–Crippen LogP) is 2.25. The van der Waals surface area contributed by atoms with E-state index in [1.807, 2.05) is 6.07 Å². The highest BCUT2D eigenvalue weighted by molar-refractivity contribution is 7.19. The van der Waals surface area contributed by atoms with Crippen LogP contribution in [-0.4, -0.2) is 58.1 Å². The molecule has 0 amide bonds. The Bertz CT molecular complexity index is 1110. The molecule has 2 aliphatic heterocycles. The number of ether oxygens (including phenoxy) is 2. The van der Waals surface area contributed by atoms with E-state index in [-0.39, 0.29) is 0 Å². The van der Waals surface area contributed by atoms with Gasteiger partial charge >= 0.3 is 0 Å². The molecule has 0 saturated carbocycles. The van der Waals surface area contributed by atoms with Crippen molar-refractivity contribution in [1.29, 1.82) is 0 Å². The average molecular weight is 457 g/mol. The Balaban J connectivity index is 1.59. The van der Waals surface area contributed by atoms with Crippen LogP contribution in [0.25, 0.3) is 10.1 Å². The zero-order chi connectivity index (χ0) is 22.5. The third-order valence-corrected chi connectivity index (χ3v) is 8.08. The number of hydrogen-bond acceptors (Lipinski definition) is 7. The van der Waals surface area contributed by atoms with Crippen LogP contribution in [0.1, 0.15) is 34.1 Å². The van der Waals surface area contributed by atoms with Gasteiger partial charge in [0.2, 0.25) is 5.79 Å². The van der Waals surface area contributed by atoms with Crippen molar-refractivity contribution < 1.29 is 29.9 Å². The minimum atomic E-state index is -1.61. The number of fused-ring (bicyclic) bond motifs is 4. The fourth-order valence-corrected chi connectivity index (χ4v) is 6.31. The lowest BCUT2D eigenvalue weighted by Crippen LogP contribution is -2.65. The summed E-state index contributed by atoms with van der Waals surface area (Å²) < 4.78 is 13.0. The van der Waals surface area contributed by atoms with Gasteiger partial charge in [-0.3, -0.25) is 0 Å². The van der Waals surface area contributed by atoms with Gasteiger partial charge in [-0.05, 0) is 46.9 Å². The lowest BCUT2D eigenvalue weighted by atomic mass is 9.88. The summed E-state index contributed by atoms with van der Waals surface area (Å²) in [5.74, 6) is -1.61. The van der Waals surface area contributed by atoms with Crippen LogP contribution in [0.5, 0.6) is 0 Å². The molecule has 7 heteroatoms. The van der Waals surface area contributed by atoms with Crippen LogP contribution >= 0.6 is 11.3 Å². The lowest BCUT2D eigenvalue weighted by Gasteiger charge is -2.49. The van der Waals surface area contributed by atoms with E-state index >= 15 is 0 Å². The van der Waals surface area contributed by atoms with E-state index < -0.39 is 36.8 Å². The van der Waals surface area contributed by atoms with Crippen molar-refractivity contribution >= 4 is 21.4 Å². The maximum atomic E-state index is 10.9. The van der Waals surface area contributed by atoms with E-state index in [2.05, 4.69) is 43.3 Å². The first-order chi connectivity index (χ1) is 15.5. The third-order valence-electron chi connectivity index (χ3n) is 6.66. The molecule has 0 bridgehead atoms. The Morgan fingerprint density at radius 2 is 1.78 bits per heavy atom. The van der Waals surface area contributed by atoms with Crippen molar-refractivity contribution in [3.63, 3.8) is 0 Å². The first-order valence-electron chi connectivity index (χ1n) is 11.1. The maximum Gasteiger partial charge on any atom is 0.234 e. The van der Waals surface area contributed by atoms with E-state index in [9.17, 15) is 20.4 Å². The van der Waals surface area contributed by atoms with E-state index in [0.717, 1.165) is 28.5 Å². The lowest BCUT2D eigenvalue weighted by molar-refractivity contribution is -0.374. The number of aliphatic hydroxyl groups is 4. The molecule has 6 nitrogen and oxygen atoms in total. The van der Waals surface area contributed by atoms with Gasteiger partial charge in [-0.2, -0.15) is 0 Å². The van der Waals surface area contributed by atoms with Gasteiger partial charge in [-0.1, -0.05) is 49.4 Å². The van der Waals surface area contributed by atoms with Gasteiger partial charge in [0, 0.05) is 4.70 Å². The van der Waals surface area contributed by atoms with Gasteiger partial charge in [0.25, 0.3) is 0 Å². The summed E-state index contributed by atoms with van der Waals surface area (Å²) in [5.41, 5.74) is 4.73. The second-order valence-corrected chi connectivity index (χ2v) is 9.60. The van der Waals surface area contributed by atoms with E-state index in [4.69, 9.17) is 9.47 Å². The molecule has 1 fully saturated rings. The van der Waals surface area contributed by atoms with Crippen LogP contribution in [0, 0.1) is 0 Å². The standard InChI is InChI=1S/C25H28O6S/c1-2-14-6-8-15(9-7-14)12-16-4-3-5-17-18-10-11-30-25(24(18)32-22(16)17)23(29)21(28)20(27)19(13-26)31-25/h3-9,19-21,23,26-29H,2,10-13H2,1H3/t19-,20-,21+,23-,25+/m1/s1. The molecule has 2 aromatic carbocycles. The van der Waals surface area contributed by atoms with Gasteiger partial charge in [-0.15, -0.1) is 11.3 Å². The topological polar surface area (TPSA) is 99.4 Å². The first-order valence-corrected chi connectivity index (χ1v) is 11.9. The monoisotopic (exact) mass is 456 g/mol. The van der Waals surface area contributed by atoms with Crippen molar-refractivity contribution in [1.82, 2.24) is 0 Å². The number of aliphatic hydroxyl groups excluding tert-OH is 4. The molecule has 0 radical (unpaired) electrons. The predicted molar refractivity (Wildman–Crippen MR) is 122 cm³/mol. The quantitative estimate of drug-likeness (QED) is 0.481.